The number of nitrogens with zero attached hydrogens (tertiary/aromatic N) is 1. The van der Waals surface area contributed by atoms with Gasteiger partial charge in [0.15, 0.2) is 6.61 Å². The average molecular weight is 319 g/mol. The molecule has 0 aliphatic heterocycles. The molecule has 0 bridgehead atoms. The summed E-state index contributed by atoms with van der Waals surface area (Å²) in [5.41, 5.74) is 6.69. The van der Waals surface area contributed by atoms with E-state index in [0.717, 1.165) is 11.5 Å². The van der Waals surface area contributed by atoms with Crippen LogP contribution in [0.25, 0.3) is 0 Å². The van der Waals surface area contributed by atoms with Gasteiger partial charge in [-0.05, 0) is 32.0 Å². The van der Waals surface area contributed by atoms with Gasteiger partial charge in [-0.1, -0.05) is 0 Å². The Balaban J connectivity index is 2.06. The molecular formula is C15H17N3O5. The van der Waals surface area contributed by atoms with E-state index in [1.54, 1.807) is 25.3 Å². The Kier molecular flexibility index (Phi) is 4.85. The first kappa shape index (κ1) is 16.3. The molecule has 0 saturated heterocycles. The van der Waals surface area contributed by atoms with Crippen molar-refractivity contribution in [2.24, 2.45) is 5.73 Å². The lowest BCUT2D eigenvalue weighted by Crippen LogP contribution is -2.37. The molecule has 3 amide bonds. The minimum absolute atomic E-state index is 0.348. The number of urea groups is 1. The number of amides is 3. The largest absolute Gasteiger partial charge is 0.467 e. The van der Waals surface area contributed by atoms with Crippen LogP contribution < -0.4 is 11.1 Å². The molecular weight excluding hydrogens is 302 g/mol. The first-order valence-corrected chi connectivity index (χ1v) is 6.84. The topological polar surface area (TPSA) is 117 Å². The minimum Gasteiger partial charge on any atom is -0.467 e. The molecule has 23 heavy (non-hydrogen) atoms. The summed E-state index contributed by atoms with van der Waals surface area (Å²) >= 11 is 0. The van der Waals surface area contributed by atoms with Crippen LogP contribution in [0.2, 0.25) is 0 Å². The zero-order chi connectivity index (χ0) is 17.0. The summed E-state index contributed by atoms with van der Waals surface area (Å²) in [7, 11) is 0. The number of nitrogens with one attached hydrogen (secondary N) is 1. The highest BCUT2D eigenvalue weighted by atomic mass is 16.5. The number of furan rings is 1. The second kappa shape index (κ2) is 6.82. The quantitative estimate of drug-likeness (QED) is 0.800. The van der Waals surface area contributed by atoms with Crippen molar-refractivity contribution in [3.63, 3.8) is 0 Å². The minimum atomic E-state index is -0.998. The summed E-state index contributed by atoms with van der Waals surface area (Å²) in [4.78, 5) is 33.8. The highest BCUT2D eigenvalue weighted by Gasteiger charge is 2.18. The number of imide groups is 1. The Morgan fingerprint density at radius 1 is 1.35 bits per heavy atom. The van der Waals surface area contributed by atoms with Gasteiger partial charge in [0.1, 0.15) is 5.76 Å². The van der Waals surface area contributed by atoms with Gasteiger partial charge in [-0.3, -0.25) is 10.1 Å². The van der Waals surface area contributed by atoms with Crippen molar-refractivity contribution >= 4 is 17.9 Å². The second-order valence-corrected chi connectivity index (χ2v) is 4.94. The van der Waals surface area contributed by atoms with E-state index < -0.39 is 24.5 Å². The third-order valence-electron chi connectivity index (χ3n) is 3.28. The first-order valence-electron chi connectivity index (χ1n) is 6.84. The van der Waals surface area contributed by atoms with E-state index in [9.17, 15) is 14.4 Å². The van der Waals surface area contributed by atoms with Crippen LogP contribution in [0.3, 0.4) is 0 Å². The lowest BCUT2D eigenvalue weighted by molar-refractivity contribution is -0.123. The molecule has 2 aromatic heterocycles. The molecule has 0 atom stereocenters. The first-order chi connectivity index (χ1) is 10.9. The van der Waals surface area contributed by atoms with E-state index in [1.807, 2.05) is 22.9 Å². The summed E-state index contributed by atoms with van der Waals surface area (Å²) < 4.78 is 12.1. The number of primary amides is 1. The van der Waals surface area contributed by atoms with E-state index in [-0.39, 0.29) is 0 Å². The molecule has 0 aliphatic rings. The van der Waals surface area contributed by atoms with Gasteiger partial charge in [-0.2, -0.15) is 0 Å². The van der Waals surface area contributed by atoms with Gasteiger partial charge in [0.05, 0.1) is 18.4 Å². The van der Waals surface area contributed by atoms with Crippen LogP contribution in [0.1, 0.15) is 27.5 Å². The molecule has 8 nitrogen and oxygen atoms in total. The number of hydrogen-bond acceptors (Lipinski definition) is 5. The zero-order valence-corrected chi connectivity index (χ0v) is 12.8. The molecule has 0 unspecified atom stereocenters. The van der Waals surface area contributed by atoms with E-state index in [4.69, 9.17) is 14.9 Å². The van der Waals surface area contributed by atoms with E-state index in [2.05, 4.69) is 0 Å². The van der Waals surface area contributed by atoms with Crippen molar-refractivity contribution in [2.45, 2.75) is 20.4 Å². The summed E-state index contributed by atoms with van der Waals surface area (Å²) in [6.45, 7) is 3.53. The van der Waals surface area contributed by atoms with Gasteiger partial charge >= 0.3 is 12.0 Å². The fourth-order valence-corrected chi connectivity index (χ4v) is 2.19. The number of esters is 1. The molecule has 0 radical (unpaired) electrons. The van der Waals surface area contributed by atoms with Crippen molar-refractivity contribution in [1.29, 1.82) is 0 Å². The monoisotopic (exact) mass is 319 g/mol. The third-order valence-corrected chi connectivity index (χ3v) is 3.28. The van der Waals surface area contributed by atoms with Crippen LogP contribution in [0.15, 0.2) is 28.9 Å². The molecule has 2 rings (SSSR count). The number of carbonyl (C=O) groups is 3. The Morgan fingerprint density at radius 3 is 2.70 bits per heavy atom. The van der Waals surface area contributed by atoms with Gasteiger partial charge < -0.3 is 19.5 Å². The molecule has 0 fully saturated rings. The normalized spacial score (nSPS) is 10.3. The molecule has 8 heteroatoms. The van der Waals surface area contributed by atoms with Crippen LogP contribution in [0, 0.1) is 13.8 Å². The number of nitrogens with two attached hydrogens (primary N) is 1. The van der Waals surface area contributed by atoms with Crippen LogP contribution in [-0.4, -0.2) is 29.1 Å². The summed E-state index contributed by atoms with van der Waals surface area (Å²) in [6.07, 6.45) is 1.58. The van der Waals surface area contributed by atoms with Gasteiger partial charge in [-0.25, -0.2) is 9.59 Å². The SMILES string of the molecule is Cc1cc(C(=O)OCC(=O)NC(N)=O)c(C)n1Cc1ccco1. The standard InChI is InChI=1S/C15H17N3O5/c1-9-6-12(14(20)23-8-13(19)17-15(16)21)10(2)18(9)7-11-4-3-5-22-11/h3-6H,7-8H2,1-2H3,(H3,16,17,19,21). The van der Waals surface area contributed by atoms with Gasteiger partial charge in [-0.15, -0.1) is 0 Å². The van der Waals surface area contributed by atoms with Crippen molar-refractivity contribution < 1.29 is 23.5 Å². The number of ether oxygens (including phenoxy) is 1. The second-order valence-electron chi connectivity index (χ2n) is 4.94. The van der Waals surface area contributed by atoms with Gasteiger partial charge in [0.2, 0.25) is 0 Å². The molecule has 3 N–H and O–H groups in total. The average Bonchev–Trinajstić information content (AvgIpc) is 3.08. The lowest BCUT2D eigenvalue weighted by Gasteiger charge is -2.08. The molecule has 0 aromatic carbocycles. The summed E-state index contributed by atoms with van der Waals surface area (Å²) in [5.74, 6) is -0.675. The summed E-state index contributed by atoms with van der Waals surface area (Å²) in [5, 5.41) is 1.82. The molecule has 2 heterocycles. The van der Waals surface area contributed by atoms with Crippen molar-refractivity contribution in [2.75, 3.05) is 6.61 Å². The smallest absolute Gasteiger partial charge is 0.340 e. The van der Waals surface area contributed by atoms with Gasteiger partial charge in [0, 0.05) is 11.4 Å². The maximum atomic E-state index is 12.1. The van der Waals surface area contributed by atoms with E-state index in [0.29, 0.717) is 17.8 Å². The van der Waals surface area contributed by atoms with E-state index >= 15 is 0 Å². The van der Waals surface area contributed by atoms with Crippen LogP contribution >= 0.6 is 0 Å². The van der Waals surface area contributed by atoms with Crippen LogP contribution in [-0.2, 0) is 16.1 Å². The van der Waals surface area contributed by atoms with Gasteiger partial charge in [0.25, 0.3) is 5.91 Å². The third kappa shape index (κ3) is 4.00. The number of aromatic nitrogens is 1. The van der Waals surface area contributed by atoms with Crippen LogP contribution in [0.4, 0.5) is 4.79 Å². The molecule has 2 aromatic rings. The highest BCUT2D eigenvalue weighted by Crippen LogP contribution is 2.18. The number of rotatable bonds is 5. The predicted octanol–water partition coefficient (Wildman–Crippen LogP) is 1.10. The fraction of sp³-hybridized carbons (Fsp3) is 0.267. The maximum Gasteiger partial charge on any atom is 0.340 e. The lowest BCUT2D eigenvalue weighted by atomic mass is 10.2. The molecule has 122 valence electrons. The maximum absolute atomic E-state index is 12.1. The summed E-state index contributed by atoms with van der Waals surface area (Å²) in [6, 6.07) is 4.30. The van der Waals surface area contributed by atoms with Crippen molar-refractivity contribution in [3.8, 4) is 0 Å². The van der Waals surface area contributed by atoms with Crippen LogP contribution in [0.5, 0.6) is 0 Å². The molecule has 0 aliphatic carbocycles. The molecule has 0 saturated carbocycles. The highest BCUT2D eigenvalue weighted by molar-refractivity contribution is 5.96. The number of aryl methyl sites for hydroxylation is 1. The Labute approximate surface area is 132 Å². The Morgan fingerprint density at radius 2 is 2.09 bits per heavy atom. The van der Waals surface area contributed by atoms with Crippen molar-refractivity contribution in [3.05, 3.63) is 47.2 Å². The number of carbonyl (C=O) groups excluding carboxylic acids is 3. The fourth-order valence-electron chi connectivity index (χ4n) is 2.19. The molecule has 0 spiro atoms. The van der Waals surface area contributed by atoms with Crippen molar-refractivity contribution in [1.82, 2.24) is 9.88 Å². The zero-order valence-electron chi connectivity index (χ0n) is 12.8. The Bertz CT molecular complexity index is 731. The number of hydrogen-bond donors (Lipinski definition) is 2. The Hall–Kier alpha value is -3.03. The predicted molar refractivity (Wildman–Crippen MR) is 79.7 cm³/mol. The van der Waals surface area contributed by atoms with E-state index in [1.165, 1.54) is 0 Å².